The molecule has 2 aromatic rings. The number of carbonyl (C=O) groups excluding carboxylic acids is 1. The molecule has 2 radical (unpaired) electrons. The average Bonchev–Trinajstić information content (AvgIpc) is 2.87. The Hall–Kier alpha value is -2.44. The van der Waals surface area contributed by atoms with Crippen LogP contribution in [0, 0.1) is 12.7 Å². The molecule has 36 heavy (non-hydrogen) atoms. The summed E-state index contributed by atoms with van der Waals surface area (Å²) in [4.78, 5) is 16.0. The Morgan fingerprint density at radius 3 is 2.56 bits per heavy atom. The predicted molar refractivity (Wildman–Crippen MR) is 147 cm³/mol. The molecule has 0 fully saturated rings. The van der Waals surface area contributed by atoms with Crippen molar-refractivity contribution in [2.45, 2.75) is 58.2 Å². The maximum absolute atomic E-state index is 14.1. The second-order valence-electron chi connectivity index (χ2n) is 8.72. The van der Waals surface area contributed by atoms with Crippen molar-refractivity contribution in [3.05, 3.63) is 87.1 Å². The van der Waals surface area contributed by atoms with Gasteiger partial charge in [-0.05, 0) is 66.1 Å². The van der Waals surface area contributed by atoms with E-state index >= 15 is 0 Å². The molecule has 0 aliphatic rings. The van der Waals surface area contributed by atoms with Crippen LogP contribution in [0.3, 0.4) is 0 Å². The number of nitrogens with zero attached hydrogens (tertiary/aromatic N) is 1. The third kappa shape index (κ3) is 7.07. The smallest absolute Gasteiger partial charge is 0.207 e. The first kappa shape index (κ1) is 29.8. The predicted octanol–water partition coefficient (Wildman–Crippen LogP) is 8.18. The lowest BCUT2D eigenvalue weighted by Gasteiger charge is -2.23. The first-order valence-corrected chi connectivity index (χ1v) is 12.6. The Balaban J connectivity index is 2.67. The Labute approximate surface area is 224 Å². The van der Waals surface area contributed by atoms with Gasteiger partial charge in [-0.2, -0.15) is 0 Å². The van der Waals surface area contributed by atoms with Crippen LogP contribution in [0.15, 0.2) is 54.4 Å². The molecule has 2 rings (SSSR count). The van der Waals surface area contributed by atoms with Crippen molar-refractivity contribution in [1.82, 2.24) is 10.3 Å². The zero-order chi connectivity index (χ0) is 27.0. The summed E-state index contributed by atoms with van der Waals surface area (Å²) in [5.74, 6) is -1.93. The minimum Gasteiger partial charge on any atom is -0.358 e. The number of aromatic nitrogens is 1. The van der Waals surface area contributed by atoms with Crippen LogP contribution in [-0.2, 0) is 4.79 Å². The normalized spacial score (nSPS) is 14.5. The van der Waals surface area contributed by atoms with Crippen molar-refractivity contribution in [2.75, 3.05) is 6.54 Å². The summed E-state index contributed by atoms with van der Waals surface area (Å²) in [5, 5.41) is 2.60. The highest BCUT2D eigenvalue weighted by Crippen LogP contribution is 2.39. The summed E-state index contributed by atoms with van der Waals surface area (Å²) < 4.78 is 28.1. The van der Waals surface area contributed by atoms with Gasteiger partial charge in [0.05, 0.1) is 35.1 Å². The maximum atomic E-state index is 14.1. The van der Waals surface area contributed by atoms with Crippen LogP contribution in [0.1, 0.15) is 62.3 Å². The monoisotopic (exact) mass is 530 g/mol. The van der Waals surface area contributed by atoms with Gasteiger partial charge in [-0.1, -0.05) is 69.1 Å². The highest BCUT2D eigenvalue weighted by atomic mass is 35.5. The molecule has 0 bridgehead atoms. The van der Waals surface area contributed by atoms with Gasteiger partial charge in [-0.25, -0.2) is 8.78 Å². The number of benzene rings is 1. The van der Waals surface area contributed by atoms with Crippen LogP contribution >= 0.6 is 23.2 Å². The van der Waals surface area contributed by atoms with Gasteiger partial charge in [0.15, 0.2) is 0 Å². The molecule has 1 aromatic carbocycles. The van der Waals surface area contributed by atoms with Crippen molar-refractivity contribution in [1.29, 1.82) is 0 Å². The van der Waals surface area contributed by atoms with E-state index in [1.165, 1.54) is 12.1 Å². The van der Waals surface area contributed by atoms with E-state index in [-0.39, 0.29) is 22.5 Å². The van der Waals surface area contributed by atoms with Gasteiger partial charge in [0, 0.05) is 18.0 Å². The van der Waals surface area contributed by atoms with E-state index in [4.69, 9.17) is 36.0 Å². The molecular formula is C28H31BCl2F2N2O. The lowest BCUT2D eigenvalue weighted by Crippen LogP contribution is -2.22. The van der Waals surface area contributed by atoms with Crippen molar-refractivity contribution in [3.8, 4) is 11.3 Å². The first-order valence-electron chi connectivity index (χ1n) is 11.9. The quantitative estimate of drug-likeness (QED) is 0.130. The topological polar surface area (TPSA) is 42.0 Å². The molecule has 0 saturated carbocycles. The van der Waals surface area contributed by atoms with E-state index in [9.17, 15) is 13.6 Å². The SMILES string of the molecule is [B]C(CC)/C(F)=C\C=C/C(=C)C(CNC=O)c1cc(C(C)CC)c(C)c(-c2ccc(F)c(Cl)c2Cl)n1. The molecule has 190 valence electrons. The van der Waals surface area contributed by atoms with Gasteiger partial charge in [0.25, 0.3) is 0 Å². The summed E-state index contributed by atoms with van der Waals surface area (Å²) >= 11 is 12.5. The maximum Gasteiger partial charge on any atom is 0.207 e. The Morgan fingerprint density at radius 1 is 1.25 bits per heavy atom. The number of pyridine rings is 1. The van der Waals surface area contributed by atoms with Crippen molar-refractivity contribution >= 4 is 37.5 Å². The molecule has 1 heterocycles. The van der Waals surface area contributed by atoms with Crippen LogP contribution in [0.2, 0.25) is 15.9 Å². The molecule has 0 saturated heterocycles. The Kier molecular flexibility index (Phi) is 11.4. The third-order valence-corrected chi connectivity index (χ3v) is 7.19. The van der Waals surface area contributed by atoms with Gasteiger partial charge < -0.3 is 5.32 Å². The van der Waals surface area contributed by atoms with Crippen LogP contribution in [0.5, 0.6) is 0 Å². The molecule has 0 spiro atoms. The molecule has 0 aliphatic heterocycles. The summed E-state index contributed by atoms with van der Waals surface area (Å²) in [7, 11) is 5.72. The van der Waals surface area contributed by atoms with E-state index in [0.29, 0.717) is 35.4 Å². The standard InChI is InChI=1S/C28H31BCl2F2N2O/c1-6-16(3)20-13-25(35-28(18(20)5)19-11-12-24(33)27(31)26(19)30)21(14-34-15-36)17(4)9-8-10-23(32)22(29)7-2/h8-13,15-16,21-22H,4,6-7,14H2,1-3,5H3,(H,34,36)/b9-8-,23-10+. The molecule has 3 nitrogen and oxygen atoms in total. The van der Waals surface area contributed by atoms with Gasteiger partial charge in [0.2, 0.25) is 6.41 Å². The number of nitrogens with one attached hydrogen (secondary N) is 1. The number of rotatable bonds is 12. The molecule has 1 aromatic heterocycles. The van der Waals surface area contributed by atoms with Gasteiger partial charge >= 0.3 is 0 Å². The number of allylic oxidation sites excluding steroid dienone is 4. The molecule has 1 N–H and O–H groups in total. The Morgan fingerprint density at radius 2 is 1.94 bits per heavy atom. The number of hydrogen-bond donors (Lipinski definition) is 1. The number of halogens is 4. The fourth-order valence-electron chi connectivity index (χ4n) is 3.82. The van der Waals surface area contributed by atoms with Crippen molar-refractivity contribution in [3.63, 3.8) is 0 Å². The van der Waals surface area contributed by atoms with Gasteiger partial charge in [0.1, 0.15) is 5.82 Å². The second-order valence-corrected chi connectivity index (χ2v) is 9.48. The van der Waals surface area contributed by atoms with Crippen molar-refractivity contribution < 1.29 is 13.6 Å². The fourth-order valence-corrected chi connectivity index (χ4v) is 4.23. The lowest BCUT2D eigenvalue weighted by atomic mass is 9.84. The van der Waals surface area contributed by atoms with Crippen LogP contribution in [-0.4, -0.2) is 25.8 Å². The third-order valence-electron chi connectivity index (χ3n) is 6.34. The van der Waals surface area contributed by atoms with E-state index in [0.717, 1.165) is 17.5 Å². The lowest BCUT2D eigenvalue weighted by molar-refractivity contribution is -0.109. The van der Waals surface area contributed by atoms with Crippen LogP contribution in [0.25, 0.3) is 11.3 Å². The summed E-state index contributed by atoms with van der Waals surface area (Å²) in [5.41, 5.74) is 4.28. The molecule has 8 heteroatoms. The molecule has 3 atom stereocenters. The zero-order valence-corrected chi connectivity index (χ0v) is 22.6. The largest absolute Gasteiger partial charge is 0.358 e. The second kappa shape index (κ2) is 13.8. The minimum atomic E-state index is -0.665. The molecular weight excluding hydrogens is 500 g/mol. The van der Waals surface area contributed by atoms with Crippen LogP contribution in [0.4, 0.5) is 8.78 Å². The molecule has 3 unspecified atom stereocenters. The zero-order valence-electron chi connectivity index (χ0n) is 21.0. The van der Waals surface area contributed by atoms with Crippen molar-refractivity contribution in [2.24, 2.45) is 0 Å². The number of carbonyl (C=O) groups is 1. The van der Waals surface area contributed by atoms with Gasteiger partial charge in [-0.3, -0.25) is 9.78 Å². The number of amides is 1. The summed E-state index contributed by atoms with van der Waals surface area (Å²) in [6.45, 7) is 12.3. The average molecular weight is 531 g/mol. The number of hydrogen-bond acceptors (Lipinski definition) is 2. The van der Waals surface area contributed by atoms with Crippen LogP contribution < -0.4 is 5.32 Å². The molecule has 1 amide bonds. The fraction of sp³-hybridized carbons (Fsp3) is 0.357. The van der Waals surface area contributed by atoms with Gasteiger partial charge in [-0.15, -0.1) is 0 Å². The summed E-state index contributed by atoms with van der Waals surface area (Å²) in [6, 6.07) is 4.81. The first-order chi connectivity index (χ1) is 17.1. The minimum absolute atomic E-state index is 0.0775. The molecule has 0 aliphatic carbocycles. The van der Waals surface area contributed by atoms with E-state index in [1.807, 2.05) is 13.0 Å². The van der Waals surface area contributed by atoms with E-state index in [2.05, 4.69) is 25.7 Å². The highest BCUT2D eigenvalue weighted by molar-refractivity contribution is 6.43. The van der Waals surface area contributed by atoms with E-state index < -0.39 is 23.4 Å². The Bertz CT molecular complexity index is 1170. The van der Waals surface area contributed by atoms with E-state index in [1.54, 1.807) is 25.1 Å². The highest BCUT2D eigenvalue weighted by Gasteiger charge is 2.23. The summed E-state index contributed by atoms with van der Waals surface area (Å²) in [6.07, 6.45) is 6.48.